The summed E-state index contributed by atoms with van der Waals surface area (Å²) >= 11 is 1.61. The van der Waals surface area contributed by atoms with Crippen LogP contribution in [0.25, 0.3) is 5.69 Å². The Morgan fingerprint density at radius 2 is 1.87 bits per heavy atom. The molecule has 1 saturated carbocycles. The van der Waals surface area contributed by atoms with E-state index in [1.165, 1.54) is 24.0 Å². The lowest BCUT2D eigenvalue weighted by atomic mass is 10.1. The smallest absolute Gasteiger partial charge is 0.236 e. The van der Waals surface area contributed by atoms with E-state index in [1.807, 2.05) is 12.4 Å². The van der Waals surface area contributed by atoms with Crippen molar-refractivity contribution in [3.05, 3.63) is 41.7 Å². The number of thioether (sulfide) groups is 1. The molecule has 4 nitrogen and oxygen atoms in total. The Morgan fingerprint density at radius 3 is 2.57 bits per heavy atom. The van der Waals surface area contributed by atoms with Crippen LogP contribution < -0.4 is 0 Å². The second-order valence-corrected chi connectivity index (χ2v) is 7.75. The van der Waals surface area contributed by atoms with E-state index in [0.717, 1.165) is 23.8 Å². The molecule has 0 N–H and O–H groups in total. The predicted molar refractivity (Wildman–Crippen MR) is 92.0 cm³/mol. The third-order valence-corrected chi connectivity index (χ3v) is 5.75. The van der Waals surface area contributed by atoms with Crippen LogP contribution in [0.2, 0.25) is 0 Å². The number of carbonyl (C=O) groups excluding carboxylic acids is 1. The molecule has 0 spiro atoms. The zero-order valence-electron chi connectivity index (χ0n) is 13.5. The number of rotatable bonds is 4. The topological polar surface area (TPSA) is 38.1 Å². The third kappa shape index (κ3) is 2.90. The maximum absolute atomic E-state index is 12.5. The number of benzene rings is 1. The van der Waals surface area contributed by atoms with Gasteiger partial charge in [0.05, 0.1) is 5.25 Å². The second-order valence-electron chi connectivity index (χ2n) is 6.58. The predicted octanol–water partition coefficient (Wildman–Crippen LogP) is 3.34. The number of likely N-dealkylation sites (tertiary alicyclic amines) is 1. The summed E-state index contributed by atoms with van der Waals surface area (Å²) in [5, 5.41) is 0.925. The van der Waals surface area contributed by atoms with Gasteiger partial charge in [-0.25, -0.2) is 4.98 Å². The minimum absolute atomic E-state index is 0.0163. The molecule has 1 aliphatic carbocycles. The van der Waals surface area contributed by atoms with Gasteiger partial charge in [-0.05, 0) is 56.4 Å². The van der Waals surface area contributed by atoms with Gasteiger partial charge in [-0.1, -0.05) is 17.8 Å². The van der Waals surface area contributed by atoms with Gasteiger partial charge in [0.15, 0.2) is 5.16 Å². The van der Waals surface area contributed by atoms with Crippen molar-refractivity contribution < 1.29 is 4.79 Å². The molecule has 4 rings (SSSR count). The van der Waals surface area contributed by atoms with Crippen molar-refractivity contribution in [2.45, 2.75) is 49.6 Å². The van der Waals surface area contributed by atoms with Crippen molar-refractivity contribution in [3.63, 3.8) is 0 Å². The number of hydrogen-bond acceptors (Lipinski definition) is 3. The maximum Gasteiger partial charge on any atom is 0.236 e. The molecule has 1 saturated heterocycles. The summed E-state index contributed by atoms with van der Waals surface area (Å²) in [5.41, 5.74) is 3.59. The van der Waals surface area contributed by atoms with E-state index in [2.05, 4.69) is 46.5 Å². The average Bonchev–Trinajstić information content (AvgIpc) is 3.12. The fourth-order valence-corrected chi connectivity index (χ4v) is 4.44. The van der Waals surface area contributed by atoms with Crippen LogP contribution in [-0.2, 0) is 4.79 Å². The van der Waals surface area contributed by atoms with Crippen molar-refractivity contribution in [2.24, 2.45) is 0 Å². The minimum atomic E-state index is 0.0163. The van der Waals surface area contributed by atoms with Gasteiger partial charge in [0.2, 0.25) is 5.91 Å². The van der Waals surface area contributed by atoms with Crippen LogP contribution in [-0.4, -0.2) is 38.2 Å². The molecule has 0 bridgehead atoms. The highest BCUT2D eigenvalue weighted by molar-refractivity contribution is 8.00. The van der Waals surface area contributed by atoms with Crippen molar-refractivity contribution in [3.8, 4) is 5.69 Å². The summed E-state index contributed by atoms with van der Waals surface area (Å²) < 4.78 is 2.09. The highest BCUT2D eigenvalue weighted by Crippen LogP contribution is 2.36. The number of aromatic nitrogens is 2. The van der Waals surface area contributed by atoms with Crippen molar-refractivity contribution in [2.75, 3.05) is 6.54 Å². The van der Waals surface area contributed by atoms with Gasteiger partial charge < -0.3 is 4.90 Å². The Balaban J connectivity index is 1.57. The van der Waals surface area contributed by atoms with E-state index >= 15 is 0 Å². The average molecular weight is 327 g/mol. The number of nitrogens with zero attached hydrogens (tertiary/aromatic N) is 3. The Kier molecular flexibility index (Phi) is 3.68. The van der Waals surface area contributed by atoms with E-state index in [-0.39, 0.29) is 5.25 Å². The van der Waals surface area contributed by atoms with Crippen LogP contribution in [0.1, 0.15) is 30.4 Å². The third-order valence-electron chi connectivity index (χ3n) is 4.52. The van der Waals surface area contributed by atoms with Crippen molar-refractivity contribution >= 4 is 17.7 Å². The molecule has 1 amide bonds. The van der Waals surface area contributed by atoms with Gasteiger partial charge in [0.1, 0.15) is 0 Å². The Hall–Kier alpha value is -1.75. The molecule has 2 fully saturated rings. The Labute approximate surface area is 140 Å². The number of hydrogen-bond donors (Lipinski definition) is 0. The van der Waals surface area contributed by atoms with Gasteiger partial charge in [-0.15, -0.1) is 0 Å². The van der Waals surface area contributed by atoms with Gasteiger partial charge in [-0.2, -0.15) is 0 Å². The zero-order valence-corrected chi connectivity index (χ0v) is 14.3. The van der Waals surface area contributed by atoms with E-state index in [0.29, 0.717) is 11.9 Å². The van der Waals surface area contributed by atoms with Crippen LogP contribution in [0.4, 0.5) is 0 Å². The number of aryl methyl sites for hydroxylation is 2. The molecule has 2 heterocycles. The molecule has 1 aromatic heterocycles. The molecule has 1 aliphatic heterocycles. The lowest BCUT2D eigenvalue weighted by molar-refractivity contribution is -0.127. The fraction of sp³-hybridized carbons (Fsp3) is 0.444. The first-order chi connectivity index (χ1) is 11.1. The summed E-state index contributed by atoms with van der Waals surface area (Å²) in [5.74, 6) is 0.299. The summed E-state index contributed by atoms with van der Waals surface area (Å²) in [6, 6.07) is 7.01. The summed E-state index contributed by atoms with van der Waals surface area (Å²) in [4.78, 5) is 19.1. The monoisotopic (exact) mass is 327 g/mol. The first kappa shape index (κ1) is 14.8. The molecular weight excluding hydrogens is 306 g/mol. The van der Waals surface area contributed by atoms with Crippen LogP contribution in [0.3, 0.4) is 0 Å². The zero-order chi connectivity index (χ0) is 16.0. The summed E-state index contributed by atoms with van der Waals surface area (Å²) in [6.07, 6.45) is 7.09. The molecule has 1 aromatic carbocycles. The minimum Gasteiger partial charge on any atom is -0.339 e. The van der Waals surface area contributed by atoms with E-state index < -0.39 is 0 Å². The molecule has 120 valence electrons. The second kappa shape index (κ2) is 5.71. The number of imidazole rings is 1. The number of carbonyl (C=O) groups is 1. The largest absolute Gasteiger partial charge is 0.339 e. The first-order valence-corrected chi connectivity index (χ1v) is 9.09. The Bertz CT molecular complexity index is 730. The highest BCUT2D eigenvalue weighted by Gasteiger charge is 2.41. The van der Waals surface area contributed by atoms with Crippen LogP contribution >= 0.6 is 11.8 Å². The Morgan fingerprint density at radius 1 is 1.13 bits per heavy atom. The van der Waals surface area contributed by atoms with E-state index in [9.17, 15) is 4.79 Å². The van der Waals surface area contributed by atoms with Crippen molar-refractivity contribution in [1.82, 2.24) is 14.5 Å². The van der Waals surface area contributed by atoms with Gasteiger partial charge in [0.25, 0.3) is 0 Å². The lowest BCUT2D eigenvalue weighted by Crippen LogP contribution is -2.30. The first-order valence-electron chi connectivity index (χ1n) is 8.21. The molecule has 2 aliphatic rings. The standard InChI is InChI=1S/C18H21N3OS/c1-12-9-13(2)11-15(10-12)21-8-6-19-18(21)23-16-5-7-20(17(16)22)14-3-4-14/h6,8-11,14,16H,3-5,7H2,1-2H3. The molecule has 0 radical (unpaired) electrons. The normalized spacial score (nSPS) is 21.2. The van der Waals surface area contributed by atoms with E-state index in [1.54, 1.807) is 11.8 Å². The van der Waals surface area contributed by atoms with Crippen molar-refractivity contribution in [1.29, 1.82) is 0 Å². The molecule has 2 aromatic rings. The molecule has 23 heavy (non-hydrogen) atoms. The van der Waals surface area contributed by atoms with E-state index in [4.69, 9.17) is 0 Å². The highest BCUT2D eigenvalue weighted by atomic mass is 32.2. The quantitative estimate of drug-likeness (QED) is 0.864. The maximum atomic E-state index is 12.5. The van der Waals surface area contributed by atoms with Crippen LogP contribution in [0.15, 0.2) is 35.7 Å². The molecule has 1 atom stereocenters. The molecule has 5 heteroatoms. The van der Waals surface area contributed by atoms with Gasteiger partial charge in [-0.3, -0.25) is 9.36 Å². The molecule has 1 unspecified atom stereocenters. The van der Waals surface area contributed by atoms with Crippen LogP contribution in [0.5, 0.6) is 0 Å². The lowest BCUT2D eigenvalue weighted by Gasteiger charge is -2.15. The molecular formula is C18H21N3OS. The SMILES string of the molecule is Cc1cc(C)cc(-n2ccnc2SC2CCN(C3CC3)C2=O)c1. The summed E-state index contributed by atoms with van der Waals surface area (Å²) in [6.45, 7) is 5.12. The number of amides is 1. The summed E-state index contributed by atoms with van der Waals surface area (Å²) in [7, 11) is 0. The fourth-order valence-electron chi connectivity index (χ4n) is 3.32. The van der Waals surface area contributed by atoms with Gasteiger partial charge >= 0.3 is 0 Å². The van der Waals surface area contributed by atoms with Crippen LogP contribution in [0, 0.1) is 13.8 Å². The van der Waals surface area contributed by atoms with Gasteiger partial charge in [0, 0.05) is 30.7 Å².